The van der Waals surface area contributed by atoms with E-state index in [9.17, 15) is 8.42 Å². The maximum absolute atomic E-state index is 11.7. The van der Waals surface area contributed by atoms with Gasteiger partial charge in [-0.3, -0.25) is 4.72 Å². The number of thiazole rings is 1. The smallest absolute Gasteiger partial charge is 0.235 e. The van der Waals surface area contributed by atoms with Gasteiger partial charge >= 0.3 is 0 Å². The van der Waals surface area contributed by atoms with Crippen molar-refractivity contribution in [2.45, 2.75) is 0 Å². The van der Waals surface area contributed by atoms with Crippen LogP contribution in [-0.2, 0) is 10.0 Å². The Bertz CT molecular complexity index is 574. The van der Waals surface area contributed by atoms with Crippen molar-refractivity contribution in [3.63, 3.8) is 0 Å². The number of hydrogen-bond donors (Lipinski definition) is 2. The number of aromatic nitrogens is 1. The Morgan fingerprint density at radius 1 is 1.35 bits per heavy atom. The zero-order valence-electron chi connectivity index (χ0n) is 9.30. The normalized spacial score (nSPS) is 11.8. The van der Waals surface area contributed by atoms with Gasteiger partial charge in [-0.2, -0.15) is 0 Å². The highest BCUT2D eigenvalue weighted by atomic mass is 32.2. The number of fused-ring (bicyclic) bond motifs is 1. The van der Waals surface area contributed by atoms with Crippen LogP contribution >= 0.6 is 11.3 Å². The van der Waals surface area contributed by atoms with Crippen LogP contribution in [0.2, 0.25) is 0 Å². The Hall–Kier alpha value is -1.18. The lowest BCUT2D eigenvalue weighted by atomic mass is 10.3. The molecule has 0 aliphatic heterocycles. The van der Waals surface area contributed by atoms with Crippen LogP contribution in [0.5, 0.6) is 0 Å². The molecule has 1 heterocycles. The second kappa shape index (κ2) is 4.99. The zero-order valence-corrected chi connectivity index (χ0v) is 10.9. The summed E-state index contributed by atoms with van der Waals surface area (Å²) in [6.45, 7) is 0.417. The van der Waals surface area contributed by atoms with Crippen LogP contribution in [0, 0.1) is 0 Å². The molecular formula is C10H13N3O2S2. The van der Waals surface area contributed by atoms with Crippen LogP contribution in [0.1, 0.15) is 0 Å². The Kier molecular flexibility index (Phi) is 3.60. The van der Waals surface area contributed by atoms with E-state index in [4.69, 9.17) is 0 Å². The Morgan fingerprint density at radius 3 is 2.82 bits per heavy atom. The summed E-state index contributed by atoms with van der Waals surface area (Å²) < 4.78 is 26.8. The van der Waals surface area contributed by atoms with Gasteiger partial charge in [0.25, 0.3) is 0 Å². The average Bonchev–Trinajstić information content (AvgIpc) is 2.67. The van der Waals surface area contributed by atoms with E-state index in [1.165, 1.54) is 11.3 Å². The van der Waals surface area contributed by atoms with Gasteiger partial charge in [-0.05, 0) is 19.2 Å². The number of hydrogen-bond acceptors (Lipinski definition) is 5. The predicted octanol–water partition coefficient (Wildman–Crippen LogP) is 1.26. The number of sulfonamides is 1. The summed E-state index contributed by atoms with van der Waals surface area (Å²) in [6.07, 6.45) is 0. The highest BCUT2D eigenvalue weighted by Gasteiger charge is 2.12. The number of nitrogens with zero attached hydrogens (tertiary/aromatic N) is 1. The highest BCUT2D eigenvalue weighted by molar-refractivity contribution is 7.92. The average molecular weight is 271 g/mol. The van der Waals surface area contributed by atoms with Crippen LogP contribution in [-0.4, -0.2) is 32.7 Å². The van der Waals surface area contributed by atoms with E-state index < -0.39 is 10.0 Å². The number of benzene rings is 1. The number of rotatable bonds is 5. The summed E-state index contributed by atoms with van der Waals surface area (Å²) in [7, 11) is -1.59. The lowest BCUT2D eigenvalue weighted by molar-refractivity contribution is 0.598. The van der Waals surface area contributed by atoms with Crippen molar-refractivity contribution in [1.29, 1.82) is 0 Å². The monoisotopic (exact) mass is 271 g/mol. The van der Waals surface area contributed by atoms with Crippen molar-refractivity contribution in [3.8, 4) is 0 Å². The van der Waals surface area contributed by atoms with E-state index >= 15 is 0 Å². The van der Waals surface area contributed by atoms with Crippen molar-refractivity contribution in [2.75, 3.05) is 24.1 Å². The van der Waals surface area contributed by atoms with E-state index in [1.54, 1.807) is 7.05 Å². The minimum absolute atomic E-state index is 0.0411. The van der Waals surface area contributed by atoms with E-state index in [2.05, 4.69) is 15.0 Å². The minimum Gasteiger partial charge on any atom is -0.319 e. The molecule has 2 aromatic rings. The molecule has 0 amide bonds. The predicted molar refractivity (Wildman–Crippen MR) is 71.0 cm³/mol. The third-order valence-corrected chi connectivity index (χ3v) is 4.48. The van der Waals surface area contributed by atoms with Gasteiger partial charge in [0.15, 0.2) is 5.13 Å². The lowest BCUT2D eigenvalue weighted by Gasteiger charge is -2.03. The van der Waals surface area contributed by atoms with Crippen LogP contribution in [0.4, 0.5) is 5.13 Å². The zero-order chi connectivity index (χ0) is 12.3. The lowest BCUT2D eigenvalue weighted by Crippen LogP contribution is -2.24. The van der Waals surface area contributed by atoms with Gasteiger partial charge in [0.2, 0.25) is 10.0 Å². The van der Waals surface area contributed by atoms with Crippen molar-refractivity contribution in [3.05, 3.63) is 24.3 Å². The first-order valence-corrected chi connectivity index (χ1v) is 7.58. The maximum Gasteiger partial charge on any atom is 0.235 e. The molecule has 0 aliphatic carbocycles. The molecular weight excluding hydrogens is 258 g/mol. The van der Waals surface area contributed by atoms with Crippen molar-refractivity contribution in [2.24, 2.45) is 0 Å². The van der Waals surface area contributed by atoms with Crippen molar-refractivity contribution < 1.29 is 8.42 Å². The molecule has 0 fully saturated rings. The molecule has 0 spiro atoms. The molecule has 2 N–H and O–H groups in total. The standard InChI is InChI=1S/C10H13N3O2S2/c1-11-6-7-17(14,15)13-10-12-8-4-2-3-5-9(8)16-10/h2-5,11H,6-7H2,1H3,(H,12,13). The third-order valence-electron chi connectivity index (χ3n) is 2.16. The third kappa shape index (κ3) is 3.15. The first-order valence-electron chi connectivity index (χ1n) is 5.11. The second-order valence-corrected chi connectivity index (χ2v) is 6.38. The van der Waals surface area contributed by atoms with E-state index in [0.717, 1.165) is 10.2 Å². The molecule has 5 nitrogen and oxygen atoms in total. The fraction of sp³-hybridized carbons (Fsp3) is 0.300. The van der Waals surface area contributed by atoms with Gasteiger partial charge < -0.3 is 5.32 Å². The summed E-state index contributed by atoms with van der Waals surface area (Å²) in [5.41, 5.74) is 0.809. The molecule has 0 aliphatic rings. The number of nitrogens with one attached hydrogen (secondary N) is 2. The fourth-order valence-electron chi connectivity index (χ4n) is 1.34. The largest absolute Gasteiger partial charge is 0.319 e. The van der Waals surface area contributed by atoms with Gasteiger partial charge in [0, 0.05) is 6.54 Å². The molecule has 0 unspecified atom stereocenters. The summed E-state index contributed by atoms with van der Waals surface area (Å²) in [5.74, 6) is 0.0411. The SMILES string of the molecule is CNCCS(=O)(=O)Nc1nc2ccccc2s1. The van der Waals surface area contributed by atoms with E-state index in [-0.39, 0.29) is 5.75 Å². The molecule has 2 rings (SSSR count). The van der Waals surface area contributed by atoms with Crippen LogP contribution < -0.4 is 10.0 Å². The maximum atomic E-state index is 11.7. The summed E-state index contributed by atoms with van der Waals surface area (Å²) >= 11 is 1.34. The van der Waals surface area contributed by atoms with Crippen LogP contribution in [0.3, 0.4) is 0 Å². The van der Waals surface area contributed by atoms with Crippen LogP contribution in [0.15, 0.2) is 24.3 Å². The Balaban J connectivity index is 2.18. The fourth-order valence-corrected chi connectivity index (χ4v) is 3.49. The van der Waals surface area contributed by atoms with E-state index in [1.807, 2.05) is 24.3 Å². The first kappa shape index (κ1) is 12.3. The van der Waals surface area contributed by atoms with Gasteiger partial charge in [-0.1, -0.05) is 23.5 Å². The van der Waals surface area contributed by atoms with Gasteiger partial charge in [-0.15, -0.1) is 0 Å². The first-order chi connectivity index (χ1) is 8.11. The van der Waals surface area contributed by atoms with Gasteiger partial charge in [-0.25, -0.2) is 13.4 Å². The highest BCUT2D eigenvalue weighted by Crippen LogP contribution is 2.25. The molecule has 1 aromatic heterocycles. The van der Waals surface area contributed by atoms with Crippen LogP contribution in [0.25, 0.3) is 10.2 Å². The number of para-hydroxylation sites is 1. The van der Waals surface area contributed by atoms with E-state index in [0.29, 0.717) is 11.7 Å². The number of anilines is 1. The molecule has 17 heavy (non-hydrogen) atoms. The molecule has 0 radical (unpaired) electrons. The summed E-state index contributed by atoms with van der Waals surface area (Å²) in [6, 6.07) is 7.55. The Morgan fingerprint density at radius 2 is 2.12 bits per heavy atom. The second-order valence-electron chi connectivity index (χ2n) is 3.51. The summed E-state index contributed by atoms with van der Waals surface area (Å²) in [5, 5.41) is 3.22. The molecule has 92 valence electrons. The molecule has 7 heteroatoms. The molecule has 0 saturated carbocycles. The van der Waals surface area contributed by atoms with Crippen molar-refractivity contribution in [1.82, 2.24) is 10.3 Å². The molecule has 0 atom stereocenters. The van der Waals surface area contributed by atoms with Crippen molar-refractivity contribution >= 4 is 36.7 Å². The summed E-state index contributed by atoms with van der Waals surface area (Å²) in [4.78, 5) is 4.21. The molecule has 1 aromatic carbocycles. The molecule has 0 saturated heterocycles. The quantitative estimate of drug-likeness (QED) is 0.859. The van der Waals surface area contributed by atoms with Gasteiger partial charge in [0.05, 0.1) is 16.0 Å². The minimum atomic E-state index is -3.31. The van der Waals surface area contributed by atoms with Gasteiger partial charge in [0.1, 0.15) is 0 Å². The molecule has 0 bridgehead atoms. The topological polar surface area (TPSA) is 71.1 Å². The Labute approximate surface area is 104 Å².